The number of thiophene rings is 1. The number of hydrogen-bond donors (Lipinski definition) is 1. The Balaban J connectivity index is 0.000000504. The summed E-state index contributed by atoms with van der Waals surface area (Å²) in [6, 6.07) is 13.6. The molecule has 1 aliphatic rings. The summed E-state index contributed by atoms with van der Waals surface area (Å²) >= 11 is 1.56. The zero-order valence-corrected chi connectivity index (χ0v) is 59.5. The predicted octanol–water partition coefficient (Wildman–Crippen LogP) is 18.6. The molecule has 2 aromatic carbocycles. The van der Waals surface area contributed by atoms with Gasteiger partial charge < -0.3 is 33.5 Å². The third-order valence-electron chi connectivity index (χ3n) is 12.4. The molecule has 1 radical (unpaired) electrons. The van der Waals surface area contributed by atoms with Crippen LogP contribution >= 0.6 is 11.3 Å². The molecule has 0 fully saturated rings. The fourth-order valence-electron chi connectivity index (χ4n) is 8.24. The Morgan fingerprint density at radius 1 is 0.506 bits per heavy atom. The van der Waals surface area contributed by atoms with Crippen molar-refractivity contribution in [3.63, 3.8) is 0 Å². The summed E-state index contributed by atoms with van der Waals surface area (Å²) in [7, 11) is 6.69. The molecule has 0 saturated heterocycles. The van der Waals surface area contributed by atoms with Crippen LogP contribution in [0.1, 0.15) is 215 Å². The number of phenolic OH excluding ortho intramolecular Hbond substituents is 1. The molecule has 0 bridgehead atoms. The smallest absolute Gasteiger partial charge is 0.246 e. The minimum Gasteiger partial charge on any atom is -0.507 e. The van der Waals surface area contributed by atoms with Crippen molar-refractivity contribution < 1.29 is 70.3 Å². The number of rotatable bonds is 4. The summed E-state index contributed by atoms with van der Waals surface area (Å²) in [5.74, 6) is 3.81. The first-order valence-electron chi connectivity index (χ1n) is 29.1. The first-order chi connectivity index (χ1) is 37.6. The minimum atomic E-state index is -0.546. The first-order valence-corrected chi connectivity index (χ1v) is 28.4. The van der Waals surface area contributed by atoms with Gasteiger partial charge in [-0.3, -0.25) is 9.97 Å². The topological polar surface area (TPSA) is 114 Å². The number of fused-ring (bicyclic) bond motifs is 1. The van der Waals surface area contributed by atoms with Crippen molar-refractivity contribution in [2.75, 3.05) is 28.4 Å². The van der Waals surface area contributed by atoms with Crippen LogP contribution in [0.3, 0.4) is 0 Å². The minimum absolute atomic E-state index is 0. The van der Waals surface area contributed by atoms with Gasteiger partial charge in [-0.25, -0.2) is 4.98 Å². The molecular formula is C69H105N3O7SY. The third kappa shape index (κ3) is 23.1. The zero-order chi connectivity index (χ0) is 64.5. The predicted molar refractivity (Wildman–Crippen MR) is 338 cm³/mol. The largest absolute Gasteiger partial charge is 0.507 e. The number of aromatic nitrogens is 3. The van der Waals surface area contributed by atoms with Gasteiger partial charge in [0.2, 0.25) is 11.7 Å². The van der Waals surface area contributed by atoms with Crippen LogP contribution in [0.2, 0.25) is 0 Å². The van der Waals surface area contributed by atoms with Crippen molar-refractivity contribution in [2.45, 2.75) is 225 Å². The van der Waals surface area contributed by atoms with Crippen LogP contribution in [-0.4, -0.2) is 54.3 Å². The molecular weight excluding hydrogens is 1100 g/mol. The van der Waals surface area contributed by atoms with Gasteiger partial charge in [0.05, 0.1) is 44.4 Å². The van der Waals surface area contributed by atoms with Crippen LogP contribution in [0.25, 0.3) is 0 Å². The van der Waals surface area contributed by atoms with E-state index in [9.17, 15) is 5.11 Å². The van der Waals surface area contributed by atoms with E-state index < -0.39 is 5.79 Å². The van der Waals surface area contributed by atoms with E-state index >= 15 is 0 Å². The second-order valence-corrected chi connectivity index (χ2v) is 28.4. The maximum absolute atomic E-state index is 9.98. The molecule has 0 aliphatic carbocycles. The number of benzene rings is 2. The van der Waals surface area contributed by atoms with Crippen LogP contribution in [0, 0.1) is 48.5 Å². The molecule has 1 aliphatic heterocycles. The molecule has 81 heavy (non-hydrogen) atoms. The van der Waals surface area contributed by atoms with Crippen molar-refractivity contribution >= 4 is 11.3 Å². The first kappa shape index (κ1) is 68.8. The molecule has 12 heteroatoms. The van der Waals surface area contributed by atoms with Crippen LogP contribution in [-0.2, 0) is 65.2 Å². The summed E-state index contributed by atoms with van der Waals surface area (Å²) < 4.78 is 56.3. The zero-order valence-electron chi connectivity index (χ0n) is 58.8. The van der Waals surface area contributed by atoms with Gasteiger partial charge in [-0.15, -0.1) is 11.3 Å². The van der Waals surface area contributed by atoms with E-state index in [0.29, 0.717) is 22.7 Å². The van der Waals surface area contributed by atoms with Crippen molar-refractivity contribution in [2.24, 2.45) is 0 Å². The molecule has 7 rings (SSSR count). The van der Waals surface area contributed by atoms with E-state index in [0.717, 1.165) is 67.0 Å². The fourth-order valence-corrected chi connectivity index (χ4v) is 9.21. The number of pyridine rings is 3. The SMILES string of the molecule is COc1ccc(C)nc1C(C)(C)C.COc1cnc(C)cc1C(C)(C)C.COc1ncc(C)cc1C(C)(C)C.Cc1cc2c(c(C(C)(C)C)c1)OC(C)(C)O2.[3H]c1c(C)c([3H])c(C(C)(C)C)c(O)c1C.[3H]c1c(C)sc(OC)c1C(C)(C)C.[Y]. The maximum Gasteiger partial charge on any atom is 0.246 e. The standard InChI is InChI=1S/C14H20O2.C12H18O.3C11H17NO.C10H16OS.Y/c1-9-7-10(13(2,3)4)12-11(8-9)15-14(5,6)16-12;1-8-6-9(2)11(13)10(7-8)12(3,4)5;1-8-6-9(11(2,3)4)10(13-5)7-12-8;1-8-6-9(11(2,3)4)10(13-5)12-7-8;1-8-6-7-9(13-5)10(12-8)11(2,3)4;1-7-6-8(10(2,3)4)9(11-5)12-7;/h7-8H,1-6H3;6-7,13H,1-5H3;3*6-7H,1-5H3;6H,1-5H3;/i;6T,7T;;;;6T;. The molecule has 0 unspecified atom stereocenters. The second kappa shape index (κ2) is 29.7. The molecule has 6 aromatic rings. The quantitative estimate of drug-likeness (QED) is 0.183. The Labute approximate surface area is 525 Å². The van der Waals surface area contributed by atoms with Crippen molar-refractivity contribution in [3.05, 3.63) is 139 Å². The van der Waals surface area contributed by atoms with Gasteiger partial charge in [0.15, 0.2) is 16.6 Å². The number of aromatic hydroxyl groups is 1. The van der Waals surface area contributed by atoms with Gasteiger partial charge in [0.25, 0.3) is 0 Å². The van der Waals surface area contributed by atoms with Crippen molar-refractivity contribution in [1.82, 2.24) is 15.0 Å². The molecule has 10 nitrogen and oxygen atoms in total. The molecule has 1 N–H and O–H groups in total. The molecule has 0 saturated carbocycles. The summed E-state index contributed by atoms with van der Waals surface area (Å²) in [6.45, 7) is 55.6. The van der Waals surface area contributed by atoms with Crippen molar-refractivity contribution in [3.8, 4) is 39.7 Å². The van der Waals surface area contributed by atoms with Gasteiger partial charge in [0, 0.05) is 96.7 Å². The molecule has 0 atom stereocenters. The average molecular weight is 1220 g/mol. The average Bonchev–Trinajstić information content (AvgIpc) is 3.83. The van der Waals surface area contributed by atoms with E-state index in [2.05, 4.69) is 144 Å². The summed E-state index contributed by atoms with van der Waals surface area (Å²) in [6.07, 6.45) is 3.62. The number of methoxy groups -OCH3 is 4. The van der Waals surface area contributed by atoms with Crippen LogP contribution in [0.4, 0.5) is 0 Å². The van der Waals surface area contributed by atoms with Crippen LogP contribution in [0.5, 0.6) is 39.7 Å². The Morgan fingerprint density at radius 3 is 1.48 bits per heavy atom. The van der Waals surface area contributed by atoms with Gasteiger partial charge in [-0.05, 0) is 134 Å². The van der Waals surface area contributed by atoms with E-state index in [-0.39, 0.29) is 83.0 Å². The van der Waals surface area contributed by atoms with E-state index in [1.165, 1.54) is 22.3 Å². The van der Waals surface area contributed by atoms with Gasteiger partial charge in [0.1, 0.15) is 17.2 Å². The molecule has 4 aromatic heterocycles. The van der Waals surface area contributed by atoms with Gasteiger partial charge >= 0.3 is 0 Å². The fraction of sp³-hybridized carbons (Fsp3) is 0.551. The number of phenols is 1. The number of ether oxygens (including phenoxy) is 6. The normalized spacial score (nSPS) is 13.1. The molecule has 0 amide bonds. The maximum atomic E-state index is 9.98. The van der Waals surface area contributed by atoms with E-state index in [1.54, 1.807) is 59.8 Å². The monoisotopic (exact) mass is 1210 g/mol. The Kier molecular flexibility index (Phi) is 25.2. The second-order valence-electron chi connectivity index (χ2n) is 27.2. The Bertz CT molecular complexity index is 2950. The van der Waals surface area contributed by atoms with Gasteiger partial charge in [-0.2, -0.15) is 0 Å². The summed E-state index contributed by atoms with van der Waals surface area (Å²) in [5.41, 5.74) is 11.9. The molecule has 447 valence electrons. The van der Waals surface area contributed by atoms with Crippen LogP contribution in [0.15, 0.2) is 66.9 Å². The van der Waals surface area contributed by atoms with E-state index in [1.807, 2.05) is 86.7 Å². The summed E-state index contributed by atoms with van der Waals surface area (Å²) in [5, 5.41) is 10.9. The number of hydrogen-bond acceptors (Lipinski definition) is 11. The Hall–Kier alpha value is -4.71. The number of aryl methyl sites for hydroxylation is 5. The van der Waals surface area contributed by atoms with Gasteiger partial charge in [-0.1, -0.05) is 148 Å². The third-order valence-corrected chi connectivity index (χ3v) is 13.3. The van der Waals surface area contributed by atoms with Crippen LogP contribution < -0.4 is 28.4 Å². The molecule has 5 heterocycles. The molecule has 0 spiro atoms. The van der Waals surface area contributed by atoms with E-state index in [4.69, 9.17) is 32.5 Å². The van der Waals surface area contributed by atoms with Crippen molar-refractivity contribution in [1.29, 1.82) is 0 Å². The summed E-state index contributed by atoms with van der Waals surface area (Å²) in [4.78, 5) is 14.0. The Morgan fingerprint density at radius 2 is 1.02 bits per heavy atom. The number of nitrogens with zero attached hydrogens (tertiary/aromatic N) is 3.